The van der Waals surface area contributed by atoms with Crippen molar-refractivity contribution in [2.45, 2.75) is 32.7 Å². The van der Waals surface area contributed by atoms with Crippen molar-refractivity contribution >= 4 is 0 Å². The summed E-state index contributed by atoms with van der Waals surface area (Å²) in [7, 11) is 0. The second kappa shape index (κ2) is 4.21. The molecule has 0 bridgehead atoms. The summed E-state index contributed by atoms with van der Waals surface area (Å²) in [5, 5.41) is 4.10. The number of aromatic nitrogens is 3. The number of hydrogen-bond donors (Lipinski definition) is 1. The average Bonchev–Trinajstić information content (AvgIpc) is 2.55. The average molecular weight is 168 g/mol. The quantitative estimate of drug-likeness (QED) is 0.721. The topological polar surface area (TPSA) is 56.7 Å². The predicted octanol–water partition coefficient (Wildman–Crippen LogP) is 0.750. The molecule has 1 aromatic heterocycles. The van der Waals surface area contributed by atoms with E-state index in [1.54, 1.807) is 6.33 Å². The van der Waals surface area contributed by atoms with Gasteiger partial charge in [-0.1, -0.05) is 6.92 Å². The Kier molecular flexibility index (Phi) is 3.22. The van der Waals surface area contributed by atoms with E-state index in [1.807, 2.05) is 4.68 Å². The van der Waals surface area contributed by atoms with Crippen LogP contribution in [0, 0.1) is 0 Å². The minimum absolute atomic E-state index is 0.354. The molecule has 0 fully saturated rings. The first-order valence-electron chi connectivity index (χ1n) is 4.41. The summed E-state index contributed by atoms with van der Waals surface area (Å²) >= 11 is 0. The van der Waals surface area contributed by atoms with Gasteiger partial charge in [-0.3, -0.25) is 4.68 Å². The third-order valence-corrected chi connectivity index (χ3v) is 2.09. The molecule has 4 heteroatoms. The number of hydrogen-bond acceptors (Lipinski definition) is 3. The molecule has 0 aromatic carbocycles. The summed E-state index contributed by atoms with van der Waals surface area (Å²) < 4.78 is 1.90. The van der Waals surface area contributed by atoms with Crippen molar-refractivity contribution in [3.8, 4) is 0 Å². The van der Waals surface area contributed by atoms with Gasteiger partial charge in [0.15, 0.2) is 0 Å². The van der Waals surface area contributed by atoms with Crippen LogP contribution in [0.15, 0.2) is 6.33 Å². The highest BCUT2D eigenvalue weighted by Gasteiger charge is 2.12. The Balaban J connectivity index is 2.83. The van der Waals surface area contributed by atoms with Crippen LogP contribution in [0.1, 0.15) is 32.0 Å². The molecule has 1 aromatic rings. The van der Waals surface area contributed by atoms with E-state index in [4.69, 9.17) is 5.73 Å². The van der Waals surface area contributed by atoms with Gasteiger partial charge in [0.1, 0.15) is 12.2 Å². The third kappa shape index (κ3) is 1.64. The molecule has 1 atom stereocenters. The fraction of sp³-hybridized carbons (Fsp3) is 0.750. The maximum Gasteiger partial charge on any atom is 0.138 e. The van der Waals surface area contributed by atoms with Crippen LogP contribution in [-0.4, -0.2) is 21.3 Å². The van der Waals surface area contributed by atoms with Crippen molar-refractivity contribution in [2.24, 2.45) is 5.73 Å². The Morgan fingerprint density at radius 1 is 1.58 bits per heavy atom. The van der Waals surface area contributed by atoms with Crippen LogP contribution in [0.3, 0.4) is 0 Å². The van der Waals surface area contributed by atoms with E-state index >= 15 is 0 Å². The van der Waals surface area contributed by atoms with Crippen molar-refractivity contribution in [3.63, 3.8) is 0 Å². The Hall–Kier alpha value is -0.900. The van der Waals surface area contributed by atoms with Gasteiger partial charge in [0.05, 0.1) is 0 Å². The minimum Gasteiger partial charge on any atom is -0.330 e. The lowest BCUT2D eigenvalue weighted by molar-refractivity contribution is 0.543. The van der Waals surface area contributed by atoms with Crippen molar-refractivity contribution in [2.75, 3.05) is 6.54 Å². The molecule has 12 heavy (non-hydrogen) atoms. The first kappa shape index (κ1) is 9.19. The highest BCUT2D eigenvalue weighted by atomic mass is 15.3. The zero-order valence-electron chi connectivity index (χ0n) is 7.70. The van der Waals surface area contributed by atoms with Crippen LogP contribution in [0.25, 0.3) is 0 Å². The standard InChI is InChI=1S/C8H16N4/c1-3-7(5-9)8-10-6-11-12(8)4-2/h6-7H,3-5,9H2,1-2H3. The zero-order chi connectivity index (χ0) is 8.97. The number of rotatable bonds is 4. The Labute approximate surface area is 72.8 Å². The smallest absolute Gasteiger partial charge is 0.138 e. The molecule has 4 nitrogen and oxygen atoms in total. The van der Waals surface area contributed by atoms with Crippen LogP contribution in [0.2, 0.25) is 0 Å². The SMILES string of the molecule is CCC(CN)c1ncnn1CC. The first-order chi connectivity index (χ1) is 5.83. The summed E-state index contributed by atoms with van der Waals surface area (Å²) in [5.74, 6) is 1.37. The van der Waals surface area contributed by atoms with Crippen LogP contribution in [0.4, 0.5) is 0 Å². The molecule has 0 amide bonds. The lowest BCUT2D eigenvalue weighted by Crippen LogP contribution is -2.17. The molecule has 1 heterocycles. The zero-order valence-corrected chi connectivity index (χ0v) is 7.70. The molecule has 2 N–H and O–H groups in total. The molecule has 0 radical (unpaired) electrons. The Morgan fingerprint density at radius 2 is 2.33 bits per heavy atom. The van der Waals surface area contributed by atoms with E-state index in [0.29, 0.717) is 12.5 Å². The van der Waals surface area contributed by atoms with Gasteiger partial charge in [0, 0.05) is 19.0 Å². The lowest BCUT2D eigenvalue weighted by atomic mass is 10.1. The van der Waals surface area contributed by atoms with Gasteiger partial charge in [0.2, 0.25) is 0 Å². The Bertz CT molecular complexity index is 227. The minimum atomic E-state index is 0.354. The largest absolute Gasteiger partial charge is 0.330 e. The molecule has 1 rings (SSSR count). The van der Waals surface area contributed by atoms with Crippen LogP contribution in [-0.2, 0) is 6.54 Å². The second-order valence-electron chi connectivity index (χ2n) is 2.77. The van der Waals surface area contributed by atoms with Crippen molar-refractivity contribution in [3.05, 3.63) is 12.2 Å². The molecule has 0 spiro atoms. The van der Waals surface area contributed by atoms with Gasteiger partial charge in [-0.05, 0) is 13.3 Å². The van der Waals surface area contributed by atoms with Gasteiger partial charge >= 0.3 is 0 Å². The Morgan fingerprint density at radius 3 is 2.83 bits per heavy atom. The van der Waals surface area contributed by atoms with E-state index in [-0.39, 0.29) is 0 Å². The van der Waals surface area contributed by atoms with Gasteiger partial charge in [-0.2, -0.15) is 5.10 Å². The number of aryl methyl sites for hydroxylation is 1. The van der Waals surface area contributed by atoms with Gasteiger partial charge in [-0.15, -0.1) is 0 Å². The summed E-state index contributed by atoms with van der Waals surface area (Å²) in [4.78, 5) is 4.20. The monoisotopic (exact) mass is 168 g/mol. The summed E-state index contributed by atoms with van der Waals surface area (Å²) in [6.45, 7) is 5.69. The van der Waals surface area contributed by atoms with Crippen molar-refractivity contribution in [1.82, 2.24) is 14.8 Å². The highest BCUT2D eigenvalue weighted by molar-refractivity contribution is 4.95. The van der Waals surface area contributed by atoms with Crippen LogP contribution in [0.5, 0.6) is 0 Å². The first-order valence-corrected chi connectivity index (χ1v) is 4.41. The molecule has 0 aliphatic rings. The lowest BCUT2D eigenvalue weighted by Gasteiger charge is -2.11. The molecule has 0 aliphatic carbocycles. The molecular weight excluding hydrogens is 152 g/mol. The van der Waals surface area contributed by atoms with Gasteiger partial charge < -0.3 is 5.73 Å². The van der Waals surface area contributed by atoms with E-state index in [1.165, 1.54) is 0 Å². The maximum atomic E-state index is 5.62. The summed E-state index contributed by atoms with van der Waals surface area (Å²) in [5.41, 5.74) is 5.62. The molecule has 0 saturated heterocycles. The third-order valence-electron chi connectivity index (χ3n) is 2.09. The van der Waals surface area contributed by atoms with Crippen LogP contribution >= 0.6 is 0 Å². The fourth-order valence-corrected chi connectivity index (χ4v) is 1.29. The van der Waals surface area contributed by atoms with E-state index < -0.39 is 0 Å². The molecule has 1 unspecified atom stereocenters. The summed E-state index contributed by atoms with van der Waals surface area (Å²) in [6.07, 6.45) is 2.62. The second-order valence-corrected chi connectivity index (χ2v) is 2.77. The maximum absolute atomic E-state index is 5.62. The van der Waals surface area contributed by atoms with Crippen molar-refractivity contribution < 1.29 is 0 Å². The summed E-state index contributed by atoms with van der Waals surface area (Å²) in [6, 6.07) is 0. The normalized spacial score (nSPS) is 13.2. The van der Waals surface area contributed by atoms with E-state index in [2.05, 4.69) is 23.9 Å². The van der Waals surface area contributed by atoms with E-state index in [0.717, 1.165) is 18.8 Å². The molecule has 0 saturated carbocycles. The van der Waals surface area contributed by atoms with E-state index in [9.17, 15) is 0 Å². The molecule has 0 aliphatic heterocycles. The number of nitrogens with two attached hydrogens (primary N) is 1. The van der Waals surface area contributed by atoms with Gasteiger partial charge in [-0.25, -0.2) is 4.98 Å². The molecule has 68 valence electrons. The number of nitrogens with zero attached hydrogens (tertiary/aromatic N) is 3. The van der Waals surface area contributed by atoms with Crippen LogP contribution < -0.4 is 5.73 Å². The van der Waals surface area contributed by atoms with Gasteiger partial charge in [0.25, 0.3) is 0 Å². The van der Waals surface area contributed by atoms with Crippen molar-refractivity contribution in [1.29, 1.82) is 0 Å². The highest BCUT2D eigenvalue weighted by Crippen LogP contribution is 2.14. The predicted molar refractivity (Wildman–Crippen MR) is 47.8 cm³/mol. The molecular formula is C8H16N4. The fourth-order valence-electron chi connectivity index (χ4n) is 1.29.